The molecule has 1 aromatic rings. The Morgan fingerprint density at radius 2 is 2.24 bits per heavy atom. The van der Waals surface area contributed by atoms with Gasteiger partial charge in [0.2, 0.25) is 0 Å². The Kier molecular flexibility index (Phi) is 4.69. The number of anilines is 2. The van der Waals surface area contributed by atoms with E-state index in [-0.39, 0.29) is 6.10 Å². The summed E-state index contributed by atoms with van der Waals surface area (Å²) in [7, 11) is 0. The molecular weight excluding hydrogens is 270 g/mol. The molecule has 4 N–H and O–H groups in total. The van der Waals surface area contributed by atoms with Gasteiger partial charge in [-0.2, -0.15) is 0 Å². The summed E-state index contributed by atoms with van der Waals surface area (Å²) in [6.45, 7) is 7.71. The van der Waals surface area contributed by atoms with Gasteiger partial charge in [-0.25, -0.2) is 4.79 Å². The number of ether oxygens (including phenoxy) is 2. The van der Waals surface area contributed by atoms with Crippen LogP contribution in [0.4, 0.5) is 16.2 Å². The Labute approximate surface area is 125 Å². The van der Waals surface area contributed by atoms with Crippen LogP contribution in [0, 0.1) is 0 Å². The second-order valence-corrected chi connectivity index (χ2v) is 6.04. The van der Waals surface area contributed by atoms with Gasteiger partial charge in [0.25, 0.3) is 0 Å². The van der Waals surface area contributed by atoms with Gasteiger partial charge < -0.3 is 20.5 Å². The average Bonchev–Trinajstić information content (AvgIpc) is 2.40. The Morgan fingerprint density at radius 3 is 2.86 bits per heavy atom. The van der Waals surface area contributed by atoms with Crippen molar-refractivity contribution in [3.05, 3.63) is 23.8 Å². The predicted molar refractivity (Wildman–Crippen MR) is 82.3 cm³/mol. The molecule has 116 valence electrons. The third-order valence-electron chi connectivity index (χ3n) is 3.01. The van der Waals surface area contributed by atoms with Crippen LogP contribution in [0.2, 0.25) is 0 Å². The van der Waals surface area contributed by atoms with Gasteiger partial charge in [-0.3, -0.25) is 5.32 Å². The number of nitrogens with one attached hydrogen (secondary N) is 2. The van der Waals surface area contributed by atoms with Crippen LogP contribution in [0.15, 0.2) is 18.2 Å². The van der Waals surface area contributed by atoms with Gasteiger partial charge in [-0.15, -0.1) is 0 Å². The molecule has 0 aromatic heterocycles. The first-order chi connectivity index (χ1) is 9.85. The van der Waals surface area contributed by atoms with E-state index in [2.05, 4.69) is 10.6 Å². The lowest BCUT2D eigenvalue weighted by Crippen LogP contribution is -2.33. The van der Waals surface area contributed by atoms with Gasteiger partial charge in [0, 0.05) is 13.1 Å². The summed E-state index contributed by atoms with van der Waals surface area (Å²) < 4.78 is 10.9. The van der Waals surface area contributed by atoms with Gasteiger partial charge >= 0.3 is 6.09 Å². The minimum Gasteiger partial charge on any atom is -0.444 e. The van der Waals surface area contributed by atoms with Crippen LogP contribution >= 0.6 is 0 Å². The van der Waals surface area contributed by atoms with E-state index >= 15 is 0 Å². The molecule has 6 heteroatoms. The summed E-state index contributed by atoms with van der Waals surface area (Å²) in [6, 6.07) is 5.50. The molecule has 1 heterocycles. The van der Waals surface area contributed by atoms with Gasteiger partial charge in [0.05, 0.1) is 24.1 Å². The average molecular weight is 293 g/mol. The van der Waals surface area contributed by atoms with Crippen molar-refractivity contribution in [2.45, 2.75) is 32.5 Å². The molecule has 1 aliphatic heterocycles. The van der Waals surface area contributed by atoms with Crippen molar-refractivity contribution in [1.82, 2.24) is 5.32 Å². The molecule has 1 amide bonds. The fraction of sp³-hybridized carbons (Fsp3) is 0.533. The SMILES string of the molecule is CC(C)(C)OC(=O)Nc1cc(C2CNCCO2)ccc1N. The van der Waals surface area contributed by atoms with E-state index in [1.807, 2.05) is 32.9 Å². The summed E-state index contributed by atoms with van der Waals surface area (Å²) in [5, 5.41) is 5.96. The Bertz CT molecular complexity index is 505. The maximum atomic E-state index is 11.8. The second-order valence-electron chi connectivity index (χ2n) is 6.04. The molecule has 0 bridgehead atoms. The van der Waals surface area contributed by atoms with Crippen molar-refractivity contribution >= 4 is 17.5 Å². The molecule has 0 aliphatic carbocycles. The van der Waals surface area contributed by atoms with Crippen LogP contribution in [-0.4, -0.2) is 31.4 Å². The van der Waals surface area contributed by atoms with Gasteiger partial charge in [0.15, 0.2) is 0 Å². The fourth-order valence-electron chi connectivity index (χ4n) is 2.08. The first-order valence-corrected chi connectivity index (χ1v) is 7.07. The molecule has 0 spiro atoms. The maximum Gasteiger partial charge on any atom is 0.412 e. The molecule has 1 aromatic carbocycles. The van der Waals surface area contributed by atoms with E-state index in [0.29, 0.717) is 18.0 Å². The Hall–Kier alpha value is -1.79. The minimum atomic E-state index is -0.549. The summed E-state index contributed by atoms with van der Waals surface area (Å²) in [5.41, 5.74) is 7.36. The quantitative estimate of drug-likeness (QED) is 0.728. The highest BCUT2D eigenvalue weighted by molar-refractivity contribution is 5.89. The molecule has 2 rings (SSSR count). The molecule has 1 fully saturated rings. The smallest absolute Gasteiger partial charge is 0.412 e. The molecule has 21 heavy (non-hydrogen) atoms. The van der Waals surface area contributed by atoms with E-state index in [1.165, 1.54) is 0 Å². The van der Waals surface area contributed by atoms with Crippen LogP contribution in [0.1, 0.15) is 32.4 Å². The number of amides is 1. The number of nitrogens with two attached hydrogens (primary N) is 1. The van der Waals surface area contributed by atoms with Crippen molar-refractivity contribution in [3.8, 4) is 0 Å². The highest BCUT2D eigenvalue weighted by Crippen LogP contribution is 2.26. The largest absolute Gasteiger partial charge is 0.444 e. The van der Waals surface area contributed by atoms with Crippen LogP contribution in [0.5, 0.6) is 0 Å². The highest BCUT2D eigenvalue weighted by atomic mass is 16.6. The lowest BCUT2D eigenvalue weighted by Gasteiger charge is -2.25. The van der Waals surface area contributed by atoms with Crippen molar-refractivity contribution in [2.75, 3.05) is 30.7 Å². The second kappa shape index (κ2) is 6.32. The number of morpholine rings is 1. The van der Waals surface area contributed by atoms with Crippen molar-refractivity contribution in [2.24, 2.45) is 0 Å². The van der Waals surface area contributed by atoms with E-state index in [9.17, 15) is 4.79 Å². The summed E-state index contributed by atoms with van der Waals surface area (Å²) in [4.78, 5) is 11.8. The summed E-state index contributed by atoms with van der Waals surface area (Å²) >= 11 is 0. The number of rotatable bonds is 2. The Morgan fingerprint density at radius 1 is 1.48 bits per heavy atom. The molecule has 1 saturated heterocycles. The van der Waals surface area contributed by atoms with E-state index in [1.54, 1.807) is 6.07 Å². The monoisotopic (exact) mass is 293 g/mol. The standard InChI is InChI=1S/C15H23N3O3/c1-15(2,3)21-14(19)18-12-8-10(4-5-11(12)16)13-9-17-6-7-20-13/h4-5,8,13,17H,6-7,9,16H2,1-3H3,(H,18,19). The zero-order chi connectivity index (χ0) is 15.5. The molecule has 1 atom stereocenters. The number of hydrogen-bond donors (Lipinski definition) is 3. The maximum absolute atomic E-state index is 11.8. The fourth-order valence-corrected chi connectivity index (χ4v) is 2.08. The lowest BCUT2D eigenvalue weighted by molar-refractivity contribution is 0.0277. The first-order valence-electron chi connectivity index (χ1n) is 7.07. The first kappa shape index (κ1) is 15.6. The van der Waals surface area contributed by atoms with Gasteiger partial charge in [-0.05, 0) is 38.5 Å². The molecule has 1 unspecified atom stereocenters. The molecule has 6 nitrogen and oxygen atoms in total. The zero-order valence-electron chi connectivity index (χ0n) is 12.7. The van der Waals surface area contributed by atoms with Crippen LogP contribution < -0.4 is 16.4 Å². The number of hydrogen-bond acceptors (Lipinski definition) is 5. The van der Waals surface area contributed by atoms with E-state index < -0.39 is 11.7 Å². The number of benzene rings is 1. The summed E-state index contributed by atoms with van der Waals surface area (Å²) in [5.74, 6) is 0. The zero-order valence-corrected chi connectivity index (χ0v) is 12.7. The van der Waals surface area contributed by atoms with Gasteiger partial charge in [0.1, 0.15) is 5.60 Å². The van der Waals surface area contributed by atoms with Gasteiger partial charge in [-0.1, -0.05) is 6.07 Å². The molecule has 1 aliphatic rings. The number of nitrogen functional groups attached to an aromatic ring is 1. The third-order valence-corrected chi connectivity index (χ3v) is 3.01. The number of carbonyl (C=O) groups excluding carboxylic acids is 1. The topological polar surface area (TPSA) is 85.6 Å². The van der Waals surface area contributed by atoms with Crippen molar-refractivity contribution in [1.29, 1.82) is 0 Å². The molecule has 0 saturated carbocycles. The lowest BCUT2D eigenvalue weighted by atomic mass is 10.1. The number of carbonyl (C=O) groups is 1. The molecule has 0 radical (unpaired) electrons. The Balaban J connectivity index is 2.10. The normalized spacial score (nSPS) is 19.1. The van der Waals surface area contributed by atoms with E-state index in [4.69, 9.17) is 15.2 Å². The highest BCUT2D eigenvalue weighted by Gasteiger charge is 2.19. The van der Waals surface area contributed by atoms with Crippen LogP contribution in [0.3, 0.4) is 0 Å². The minimum absolute atomic E-state index is 0.0291. The summed E-state index contributed by atoms with van der Waals surface area (Å²) in [6.07, 6.45) is -0.549. The van der Waals surface area contributed by atoms with Crippen LogP contribution in [-0.2, 0) is 9.47 Å². The van der Waals surface area contributed by atoms with Crippen molar-refractivity contribution in [3.63, 3.8) is 0 Å². The van der Waals surface area contributed by atoms with Crippen molar-refractivity contribution < 1.29 is 14.3 Å². The predicted octanol–water partition coefficient (Wildman–Crippen LogP) is 2.28. The van der Waals surface area contributed by atoms with E-state index in [0.717, 1.165) is 18.7 Å². The molecular formula is C15H23N3O3. The van der Waals surface area contributed by atoms with Crippen LogP contribution in [0.25, 0.3) is 0 Å². The third kappa shape index (κ3) is 4.61.